The fourth-order valence-electron chi connectivity index (χ4n) is 3.08. The molecule has 4 heteroatoms. The first-order valence-electron chi connectivity index (χ1n) is 9.87. The number of aryl methyl sites for hydroxylation is 3. The van der Waals surface area contributed by atoms with Gasteiger partial charge < -0.3 is 14.8 Å². The summed E-state index contributed by atoms with van der Waals surface area (Å²) in [6, 6.07) is 23.7. The van der Waals surface area contributed by atoms with Gasteiger partial charge in [0.15, 0.2) is 6.61 Å². The molecule has 0 saturated heterocycles. The van der Waals surface area contributed by atoms with E-state index in [0.717, 1.165) is 29.9 Å². The van der Waals surface area contributed by atoms with Crippen molar-refractivity contribution in [3.05, 3.63) is 89.5 Å². The normalized spacial score (nSPS) is 10.4. The summed E-state index contributed by atoms with van der Waals surface area (Å²) < 4.78 is 11.5. The van der Waals surface area contributed by atoms with Crippen LogP contribution in [0.2, 0.25) is 0 Å². The van der Waals surface area contributed by atoms with Crippen LogP contribution in [0.25, 0.3) is 0 Å². The van der Waals surface area contributed by atoms with E-state index in [-0.39, 0.29) is 12.5 Å². The second kappa shape index (κ2) is 10.3. The average molecular weight is 389 g/mol. The second-order valence-electron chi connectivity index (χ2n) is 7.07. The lowest BCUT2D eigenvalue weighted by atomic mass is 10.1. The van der Waals surface area contributed by atoms with Crippen LogP contribution in [0.5, 0.6) is 11.5 Å². The molecule has 0 spiro atoms. The molecular formula is C25H27NO3. The van der Waals surface area contributed by atoms with E-state index < -0.39 is 0 Å². The third-order valence-corrected chi connectivity index (χ3v) is 4.53. The fourth-order valence-corrected chi connectivity index (χ4v) is 3.08. The highest BCUT2D eigenvalue weighted by Crippen LogP contribution is 2.20. The van der Waals surface area contributed by atoms with Crippen LogP contribution in [0.1, 0.15) is 23.1 Å². The summed E-state index contributed by atoms with van der Waals surface area (Å²) in [6.07, 6.45) is 1.91. The van der Waals surface area contributed by atoms with Gasteiger partial charge >= 0.3 is 0 Å². The van der Waals surface area contributed by atoms with E-state index in [1.54, 1.807) is 0 Å². The van der Waals surface area contributed by atoms with Crippen LogP contribution < -0.4 is 14.8 Å². The number of carbonyl (C=O) groups excluding carboxylic acids is 1. The van der Waals surface area contributed by atoms with E-state index in [9.17, 15) is 4.79 Å². The van der Waals surface area contributed by atoms with Crippen LogP contribution in [-0.4, -0.2) is 19.1 Å². The van der Waals surface area contributed by atoms with E-state index in [0.29, 0.717) is 12.3 Å². The van der Waals surface area contributed by atoms with Gasteiger partial charge in [0.2, 0.25) is 0 Å². The Labute approximate surface area is 172 Å². The van der Waals surface area contributed by atoms with Crippen molar-refractivity contribution in [2.75, 3.05) is 18.5 Å². The van der Waals surface area contributed by atoms with Crippen molar-refractivity contribution in [2.24, 2.45) is 0 Å². The average Bonchev–Trinajstić information content (AvgIpc) is 2.72. The Morgan fingerprint density at radius 1 is 0.897 bits per heavy atom. The molecule has 0 radical (unpaired) electrons. The van der Waals surface area contributed by atoms with Gasteiger partial charge in [0.05, 0.1) is 6.61 Å². The maximum Gasteiger partial charge on any atom is 0.262 e. The van der Waals surface area contributed by atoms with Gasteiger partial charge in [-0.05, 0) is 56.0 Å². The van der Waals surface area contributed by atoms with Gasteiger partial charge in [-0.25, -0.2) is 0 Å². The highest BCUT2D eigenvalue weighted by atomic mass is 16.5. The molecule has 4 nitrogen and oxygen atoms in total. The minimum Gasteiger partial charge on any atom is -0.494 e. The van der Waals surface area contributed by atoms with Crippen LogP contribution in [0, 0.1) is 13.8 Å². The quantitative estimate of drug-likeness (QED) is 0.503. The summed E-state index contributed by atoms with van der Waals surface area (Å²) in [5.74, 6) is 1.26. The van der Waals surface area contributed by atoms with Crippen molar-refractivity contribution in [3.63, 3.8) is 0 Å². The maximum atomic E-state index is 12.2. The molecule has 0 heterocycles. The zero-order valence-electron chi connectivity index (χ0n) is 17.0. The highest BCUT2D eigenvalue weighted by molar-refractivity contribution is 5.92. The lowest BCUT2D eigenvalue weighted by Crippen LogP contribution is -2.20. The fraction of sp³-hybridized carbons (Fsp3) is 0.240. The number of hydrogen-bond acceptors (Lipinski definition) is 3. The number of ether oxygens (including phenoxy) is 2. The first kappa shape index (κ1) is 20.5. The number of amides is 1. The van der Waals surface area contributed by atoms with Crippen molar-refractivity contribution >= 4 is 11.6 Å². The maximum absolute atomic E-state index is 12.2. The summed E-state index contributed by atoms with van der Waals surface area (Å²) in [4.78, 5) is 12.2. The van der Waals surface area contributed by atoms with Crippen LogP contribution in [0.4, 0.5) is 5.69 Å². The molecule has 150 valence electrons. The minimum absolute atomic E-state index is 0.0357. The Morgan fingerprint density at radius 3 is 2.52 bits per heavy atom. The standard InChI is InChI=1S/C25H27NO3/c1-19-13-14-24(20(2)16-19)29-18-25(27)26-22-11-6-12-23(17-22)28-15-7-10-21-8-4-3-5-9-21/h3-6,8-9,11-14,16-17H,7,10,15,18H2,1-2H3,(H,26,27). The summed E-state index contributed by atoms with van der Waals surface area (Å²) >= 11 is 0. The molecule has 3 rings (SSSR count). The van der Waals surface area contributed by atoms with Gasteiger partial charge in [-0.1, -0.05) is 54.1 Å². The second-order valence-corrected chi connectivity index (χ2v) is 7.07. The first-order chi connectivity index (χ1) is 14.1. The summed E-state index contributed by atoms with van der Waals surface area (Å²) in [7, 11) is 0. The van der Waals surface area contributed by atoms with Gasteiger partial charge in [-0.15, -0.1) is 0 Å². The van der Waals surface area contributed by atoms with E-state index >= 15 is 0 Å². The Bertz CT molecular complexity index is 938. The van der Waals surface area contributed by atoms with Crippen molar-refractivity contribution in [1.82, 2.24) is 0 Å². The van der Waals surface area contributed by atoms with Crippen molar-refractivity contribution in [3.8, 4) is 11.5 Å². The minimum atomic E-state index is -0.203. The smallest absolute Gasteiger partial charge is 0.262 e. The third kappa shape index (κ3) is 6.68. The largest absolute Gasteiger partial charge is 0.494 e. The molecule has 1 N–H and O–H groups in total. The topological polar surface area (TPSA) is 47.6 Å². The van der Waals surface area contributed by atoms with E-state index in [1.165, 1.54) is 11.1 Å². The molecule has 3 aromatic rings. The Morgan fingerprint density at radius 2 is 1.72 bits per heavy atom. The van der Waals surface area contributed by atoms with Crippen molar-refractivity contribution in [1.29, 1.82) is 0 Å². The Kier molecular flexibility index (Phi) is 7.28. The van der Waals surface area contributed by atoms with E-state index in [4.69, 9.17) is 9.47 Å². The van der Waals surface area contributed by atoms with Crippen LogP contribution >= 0.6 is 0 Å². The predicted octanol–water partition coefficient (Wildman–Crippen LogP) is 5.33. The van der Waals surface area contributed by atoms with Crippen molar-refractivity contribution in [2.45, 2.75) is 26.7 Å². The number of benzene rings is 3. The molecule has 0 atom stereocenters. The molecule has 29 heavy (non-hydrogen) atoms. The highest BCUT2D eigenvalue weighted by Gasteiger charge is 2.07. The third-order valence-electron chi connectivity index (χ3n) is 4.53. The predicted molar refractivity (Wildman–Crippen MR) is 117 cm³/mol. The van der Waals surface area contributed by atoms with Gasteiger partial charge in [0, 0.05) is 11.8 Å². The van der Waals surface area contributed by atoms with E-state index in [2.05, 4.69) is 17.4 Å². The molecular weight excluding hydrogens is 362 g/mol. The lowest BCUT2D eigenvalue weighted by Gasteiger charge is -2.11. The van der Waals surface area contributed by atoms with E-state index in [1.807, 2.05) is 74.5 Å². The Hall–Kier alpha value is -3.27. The van der Waals surface area contributed by atoms with Gasteiger partial charge in [0.25, 0.3) is 5.91 Å². The zero-order chi connectivity index (χ0) is 20.5. The summed E-state index contributed by atoms with van der Waals surface area (Å²) in [6.45, 7) is 4.59. The first-order valence-corrected chi connectivity index (χ1v) is 9.87. The molecule has 3 aromatic carbocycles. The number of anilines is 1. The SMILES string of the molecule is Cc1ccc(OCC(=O)Nc2cccc(OCCCc3ccccc3)c2)c(C)c1. The van der Waals surface area contributed by atoms with Crippen LogP contribution in [0.15, 0.2) is 72.8 Å². The molecule has 1 amide bonds. The summed E-state index contributed by atoms with van der Waals surface area (Å²) in [5.41, 5.74) is 4.18. The lowest BCUT2D eigenvalue weighted by molar-refractivity contribution is -0.118. The number of nitrogens with one attached hydrogen (secondary N) is 1. The molecule has 0 aliphatic rings. The van der Waals surface area contributed by atoms with Crippen LogP contribution in [-0.2, 0) is 11.2 Å². The number of hydrogen-bond donors (Lipinski definition) is 1. The van der Waals surface area contributed by atoms with Gasteiger partial charge in [0.1, 0.15) is 11.5 Å². The van der Waals surface area contributed by atoms with Gasteiger partial charge in [-0.3, -0.25) is 4.79 Å². The number of carbonyl (C=O) groups is 1. The number of rotatable bonds is 9. The van der Waals surface area contributed by atoms with Gasteiger partial charge in [-0.2, -0.15) is 0 Å². The molecule has 0 bridgehead atoms. The molecule has 0 saturated carbocycles. The van der Waals surface area contributed by atoms with Crippen molar-refractivity contribution < 1.29 is 14.3 Å². The molecule has 0 unspecified atom stereocenters. The molecule has 0 fully saturated rings. The Balaban J connectivity index is 1.44. The molecule has 0 aromatic heterocycles. The van der Waals surface area contributed by atoms with Crippen LogP contribution in [0.3, 0.4) is 0 Å². The summed E-state index contributed by atoms with van der Waals surface area (Å²) in [5, 5.41) is 2.86. The molecule has 0 aliphatic carbocycles. The zero-order valence-corrected chi connectivity index (χ0v) is 17.0. The molecule has 0 aliphatic heterocycles. The monoisotopic (exact) mass is 389 g/mol.